The Morgan fingerprint density at radius 3 is 2.74 bits per heavy atom. The summed E-state index contributed by atoms with van der Waals surface area (Å²) in [4.78, 5) is 19.4. The average Bonchev–Trinajstić information content (AvgIpc) is 3.06. The molecule has 1 saturated carbocycles. The van der Waals surface area contributed by atoms with Crippen LogP contribution in [-0.2, 0) is 4.79 Å². The predicted molar refractivity (Wildman–Crippen MR) is 132 cm³/mol. The SMILES string of the molecule is CCOc1cc(/C=C(/C#N)c2ccccn2)ccc1OCC(=O)N1CC2(C)CC1CC(C)(C)C2. The van der Waals surface area contributed by atoms with Crippen LogP contribution in [0, 0.1) is 22.2 Å². The largest absolute Gasteiger partial charge is 0.490 e. The molecule has 0 spiro atoms. The van der Waals surface area contributed by atoms with Crippen molar-refractivity contribution in [2.24, 2.45) is 10.8 Å². The summed E-state index contributed by atoms with van der Waals surface area (Å²) in [7, 11) is 0. The number of allylic oxidation sites excluding steroid dienone is 1. The molecular formula is C28H33N3O3. The van der Waals surface area contributed by atoms with E-state index in [0.29, 0.717) is 35.4 Å². The van der Waals surface area contributed by atoms with Gasteiger partial charge in [-0.2, -0.15) is 5.26 Å². The number of carbonyl (C=O) groups is 1. The smallest absolute Gasteiger partial charge is 0.260 e. The van der Waals surface area contributed by atoms with Crippen LogP contribution in [0.1, 0.15) is 58.2 Å². The molecule has 2 aromatic rings. The summed E-state index contributed by atoms with van der Waals surface area (Å²) in [5, 5.41) is 9.58. The molecule has 6 nitrogen and oxygen atoms in total. The van der Waals surface area contributed by atoms with Crippen LogP contribution in [0.4, 0.5) is 0 Å². The van der Waals surface area contributed by atoms with E-state index in [4.69, 9.17) is 9.47 Å². The summed E-state index contributed by atoms with van der Waals surface area (Å²) in [6.07, 6.45) is 6.69. The first kappa shape index (κ1) is 23.8. The second-order valence-electron chi connectivity index (χ2n) is 10.5. The quantitative estimate of drug-likeness (QED) is 0.522. The van der Waals surface area contributed by atoms with E-state index in [9.17, 15) is 10.1 Å². The van der Waals surface area contributed by atoms with E-state index < -0.39 is 0 Å². The number of nitrogens with zero attached hydrogens (tertiary/aromatic N) is 3. The average molecular weight is 460 g/mol. The molecule has 178 valence electrons. The van der Waals surface area contributed by atoms with Gasteiger partial charge in [0.25, 0.3) is 5.91 Å². The molecule has 2 heterocycles. The van der Waals surface area contributed by atoms with Crippen molar-refractivity contribution in [3.8, 4) is 17.6 Å². The molecular weight excluding hydrogens is 426 g/mol. The number of fused-ring (bicyclic) bond motifs is 2. The molecule has 1 aromatic carbocycles. The minimum absolute atomic E-state index is 0.0142. The van der Waals surface area contributed by atoms with Crippen molar-refractivity contribution in [2.75, 3.05) is 19.8 Å². The maximum absolute atomic E-state index is 13.1. The second-order valence-corrected chi connectivity index (χ2v) is 10.5. The van der Waals surface area contributed by atoms with E-state index in [0.717, 1.165) is 31.4 Å². The molecule has 34 heavy (non-hydrogen) atoms. The van der Waals surface area contributed by atoms with Crippen LogP contribution in [0.15, 0.2) is 42.6 Å². The molecule has 2 fully saturated rings. The number of amides is 1. The van der Waals surface area contributed by atoms with Gasteiger partial charge in [-0.05, 0) is 72.9 Å². The summed E-state index contributed by atoms with van der Waals surface area (Å²) < 4.78 is 11.7. The number of hydrogen-bond donors (Lipinski definition) is 0. The van der Waals surface area contributed by atoms with E-state index in [2.05, 4.69) is 31.8 Å². The van der Waals surface area contributed by atoms with Gasteiger partial charge in [0.2, 0.25) is 0 Å². The van der Waals surface area contributed by atoms with E-state index in [-0.39, 0.29) is 23.3 Å². The topological polar surface area (TPSA) is 75.5 Å². The van der Waals surface area contributed by atoms with E-state index in [1.165, 1.54) is 0 Å². The number of nitriles is 1. The number of carbonyl (C=O) groups excluding carboxylic acids is 1. The lowest BCUT2D eigenvalue weighted by atomic mass is 9.65. The number of rotatable bonds is 7. The molecule has 1 amide bonds. The highest BCUT2D eigenvalue weighted by molar-refractivity contribution is 5.88. The van der Waals surface area contributed by atoms with Crippen LogP contribution in [0.2, 0.25) is 0 Å². The van der Waals surface area contributed by atoms with E-state index in [1.807, 2.05) is 36.1 Å². The fourth-order valence-corrected chi connectivity index (χ4v) is 5.83. The van der Waals surface area contributed by atoms with Gasteiger partial charge in [0.1, 0.15) is 6.07 Å². The number of ether oxygens (including phenoxy) is 2. The highest BCUT2D eigenvalue weighted by Gasteiger charge is 2.50. The number of likely N-dealkylation sites (tertiary alicyclic amines) is 1. The first-order valence-corrected chi connectivity index (χ1v) is 11.9. The molecule has 0 radical (unpaired) electrons. The van der Waals surface area contributed by atoms with Crippen LogP contribution in [-0.4, -0.2) is 41.6 Å². The lowest BCUT2D eigenvalue weighted by molar-refractivity contribution is -0.134. The number of pyridine rings is 1. The van der Waals surface area contributed by atoms with Gasteiger partial charge in [0.05, 0.1) is 17.9 Å². The van der Waals surface area contributed by atoms with Gasteiger partial charge < -0.3 is 14.4 Å². The fraction of sp³-hybridized carbons (Fsp3) is 0.464. The normalized spacial score (nSPS) is 23.3. The highest BCUT2D eigenvalue weighted by Crippen LogP contribution is 2.52. The number of aromatic nitrogens is 1. The first-order valence-electron chi connectivity index (χ1n) is 11.9. The molecule has 1 saturated heterocycles. The Hall–Kier alpha value is -3.33. The van der Waals surface area contributed by atoms with Gasteiger partial charge in [0, 0.05) is 18.8 Å². The van der Waals surface area contributed by atoms with Gasteiger partial charge >= 0.3 is 0 Å². The van der Waals surface area contributed by atoms with Gasteiger partial charge in [-0.15, -0.1) is 0 Å². The van der Waals surface area contributed by atoms with Crippen LogP contribution >= 0.6 is 0 Å². The monoisotopic (exact) mass is 459 g/mol. The van der Waals surface area contributed by atoms with Crippen molar-refractivity contribution < 1.29 is 14.3 Å². The zero-order chi connectivity index (χ0) is 24.3. The number of benzene rings is 1. The first-order chi connectivity index (χ1) is 16.2. The van der Waals surface area contributed by atoms with Crippen LogP contribution in [0.3, 0.4) is 0 Å². The second kappa shape index (κ2) is 9.50. The predicted octanol–water partition coefficient (Wildman–Crippen LogP) is 5.35. The van der Waals surface area contributed by atoms with Crippen molar-refractivity contribution in [3.63, 3.8) is 0 Å². The zero-order valence-electron chi connectivity index (χ0n) is 20.5. The van der Waals surface area contributed by atoms with Crippen molar-refractivity contribution >= 4 is 17.6 Å². The Bertz CT molecular complexity index is 1120. The van der Waals surface area contributed by atoms with Crippen molar-refractivity contribution in [3.05, 3.63) is 53.9 Å². The molecule has 2 unspecified atom stereocenters. The third-order valence-corrected chi connectivity index (χ3v) is 6.73. The maximum atomic E-state index is 13.1. The van der Waals surface area contributed by atoms with Gasteiger partial charge in [-0.3, -0.25) is 9.78 Å². The third kappa shape index (κ3) is 5.25. The van der Waals surface area contributed by atoms with E-state index in [1.54, 1.807) is 24.4 Å². The minimum Gasteiger partial charge on any atom is -0.490 e. The summed E-state index contributed by atoms with van der Waals surface area (Å²) in [5.41, 5.74) is 2.33. The van der Waals surface area contributed by atoms with Crippen molar-refractivity contribution in [1.29, 1.82) is 5.26 Å². The lowest BCUT2D eigenvalue weighted by Gasteiger charge is -2.39. The Kier molecular flexibility index (Phi) is 6.65. The molecule has 1 aliphatic carbocycles. The Morgan fingerprint density at radius 2 is 2.03 bits per heavy atom. The molecule has 2 aliphatic rings. The van der Waals surface area contributed by atoms with Crippen LogP contribution in [0.5, 0.6) is 11.5 Å². The Labute approximate surface area is 202 Å². The molecule has 4 rings (SSSR count). The molecule has 0 N–H and O–H groups in total. The summed E-state index contributed by atoms with van der Waals surface area (Å²) >= 11 is 0. The molecule has 6 heteroatoms. The highest BCUT2D eigenvalue weighted by atomic mass is 16.5. The fourth-order valence-electron chi connectivity index (χ4n) is 5.83. The minimum atomic E-state index is -0.0142. The maximum Gasteiger partial charge on any atom is 0.260 e. The summed E-state index contributed by atoms with van der Waals surface area (Å²) in [6, 6.07) is 13.4. The number of hydrogen-bond acceptors (Lipinski definition) is 5. The Balaban J connectivity index is 1.48. The van der Waals surface area contributed by atoms with Gasteiger partial charge in [-0.1, -0.05) is 32.9 Å². The van der Waals surface area contributed by atoms with Gasteiger partial charge in [-0.25, -0.2) is 0 Å². The molecule has 2 bridgehead atoms. The van der Waals surface area contributed by atoms with Gasteiger partial charge in [0.15, 0.2) is 18.1 Å². The van der Waals surface area contributed by atoms with Crippen LogP contribution < -0.4 is 9.47 Å². The lowest BCUT2D eigenvalue weighted by Crippen LogP contribution is -2.40. The van der Waals surface area contributed by atoms with Crippen molar-refractivity contribution in [1.82, 2.24) is 9.88 Å². The zero-order valence-corrected chi connectivity index (χ0v) is 20.5. The van der Waals surface area contributed by atoms with E-state index >= 15 is 0 Å². The summed E-state index contributed by atoms with van der Waals surface area (Å²) in [6.45, 7) is 10.1. The molecule has 2 atom stereocenters. The van der Waals surface area contributed by atoms with Crippen LogP contribution in [0.25, 0.3) is 11.6 Å². The molecule has 1 aromatic heterocycles. The Morgan fingerprint density at radius 1 is 1.21 bits per heavy atom. The summed E-state index contributed by atoms with van der Waals surface area (Å²) in [5.74, 6) is 1.10. The third-order valence-electron chi connectivity index (χ3n) is 6.73. The molecule has 1 aliphatic heterocycles. The standard InChI is InChI=1S/C28H33N3O3/c1-5-33-25-13-20(12-21(16-29)23-8-6-7-11-30-23)9-10-24(25)34-17-26(32)31-19-28(4)15-22(31)14-27(2,3)18-28/h6-13,22H,5,14-15,17-19H2,1-4H3/b21-12-. The van der Waals surface area contributed by atoms with Crippen molar-refractivity contribution in [2.45, 2.75) is 53.0 Å².